The maximum atomic E-state index is 12.3. The first-order valence-corrected chi connectivity index (χ1v) is 23.0. The van der Waals surface area contributed by atoms with E-state index >= 15 is 0 Å². The summed E-state index contributed by atoms with van der Waals surface area (Å²) in [6, 6.07) is 21.4. The number of carbonyl (C=O) groups is 6. The van der Waals surface area contributed by atoms with Gasteiger partial charge in [-0.1, -0.05) is 46.4 Å². The molecule has 6 aromatic carbocycles. The maximum Gasteiger partial charge on any atom is 0.338 e. The molecule has 0 heterocycles. The van der Waals surface area contributed by atoms with Gasteiger partial charge in [-0.15, -0.1) is 0 Å². The Morgan fingerprint density at radius 2 is 0.690 bits per heavy atom. The molecule has 372 valence electrons. The second-order valence-corrected chi connectivity index (χ2v) is 17.1. The molecule has 9 N–H and O–H groups in total. The topological polar surface area (TPSA) is 288 Å². The summed E-state index contributed by atoms with van der Waals surface area (Å²) in [6.45, 7) is 3.93. The second kappa shape index (κ2) is 25.8. The van der Waals surface area contributed by atoms with Crippen LogP contribution >= 0.6 is 78.3 Å². The monoisotopic (exact) mass is 1180 g/mol. The molecule has 0 aromatic heterocycles. The third-order valence-corrected chi connectivity index (χ3v) is 11.5. The highest BCUT2D eigenvalue weighted by Gasteiger charge is 2.25. The van der Waals surface area contributed by atoms with Crippen molar-refractivity contribution in [1.82, 2.24) is 0 Å². The number of benzene rings is 6. The summed E-state index contributed by atoms with van der Waals surface area (Å²) in [5, 5.41) is 66.1. The Bertz CT molecular complexity index is 2790. The lowest BCUT2D eigenvalue weighted by Crippen LogP contribution is -2.13. The van der Waals surface area contributed by atoms with Crippen molar-refractivity contribution >= 4 is 131 Å². The van der Waals surface area contributed by atoms with Gasteiger partial charge in [-0.25, -0.2) is 14.4 Å². The van der Waals surface area contributed by atoms with E-state index in [0.29, 0.717) is 33.8 Å². The minimum Gasteiger partial charge on any atom is -0.506 e. The third-order valence-electron chi connectivity index (χ3n) is 9.09. The van der Waals surface area contributed by atoms with Gasteiger partial charge in [0.1, 0.15) is 28.2 Å². The molecule has 0 bridgehead atoms. The molecule has 3 amide bonds. The molecule has 71 heavy (non-hydrogen) atoms. The smallest absolute Gasteiger partial charge is 0.338 e. The predicted molar refractivity (Wildman–Crippen MR) is 271 cm³/mol. The highest BCUT2D eigenvalue weighted by Crippen LogP contribution is 2.42. The largest absolute Gasteiger partial charge is 0.506 e. The Balaban J connectivity index is 0.000000231. The minimum atomic E-state index is -0.810. The summed E-state index contributed by atoms with van der Waals surface area (Å²) >= 11 is 29.2. The molecule has 0 fully saturated rings. The van der Waals surface area contributed by atoms with Crippen molar-refractivity contribution in [2.45, 2.75) is 13.8 Å². The van der Waals surface area contributed by atoms with Gasteiger partial charge in [-0.2, -0.15) is 0 Å². The van der Waals surface area contributed by atoms with Crippen LogP contribution in [-0.4, -0.2) is 86.6 Å². The highest BCUT2D eigenvalue weighted by molar-refractivity contribution is 9.11. The lowest BCUT2D eigenvalue weighted by molar-refractivity contribution is 0.0517. The van der Waals surface area contributed by atoms with E-state index in [9.17, 15) is 59.4 Å². The number of anilines is 3. The zero-order valence-electron chi connectivity index (χ0n) is 36.7. The fourth-order valence-electron chi connectivity index (χ4n) is 5.64. The predicted octanol–water partition coefficient (Wildman–Crippen LogP) is 11.3. The van der Waals surface area contributed by atoms with Crippen LogP contribution in [0.15, 0.2) is 99.9 Å². The van der Waals surface area contributed by atoms with Gasteiger partial charge < -0.3 is 60.8 Å². The Morgan fingerprint density at radius 3 is 0.944 bits per heavy atom. The van der Waals surface area contributed by atoms with E-state index < -0.39 is 69.8 Å². The molecule has 6 aromatic rings. The molecule has 0 spiro atoms. The zero-order valence-corrected chi connectivity index (χ0v) is 42.9. The normalized spacial score (nSPS) is 10.3. The molecular formula is C47H37Br2Cl4N3O15. The summed E-state index contributed by atoms with van der Waals surface area (Å²) in [5.41, 5.74) is 0.884. The number of hydrogen-bond acceptors (Lipinski definition) is 15. The lowest BCUT2D eigenvalue weighted by atomic mass is 10.1. The van der Waals surface area contributed by atoms with Gasteiger partial charge in [-0.05, 0) is 137 Å². The van der Waals surface area contributed by atoms with E-state index in [1.165, 1.54) is 86.0 Å². The number of methoxy groups -OCH3 is 1. The number of phenols is 6. The Kier molecular flexibility index (Phi) is 20.6. The number of halogens is 6. The number of rotatable bonds is 11. The summed E-state index contributed by atoms with van der Waals surface area (Å²) in [6.07, 6.45) is 0. The van der Waals surface area contributed by atoms with E-state index in [0.717, 1.165) is 12.1 Å². The average molecular weight is 1190 g/mol. The van der Waals surface area contributed by atoms with Crippen LogP contribution in [0.1, 0.15) is 76.0 Å². The molecular weight excluding hydrogens is 1150 g/mol. The molecule has 0 radical (unpaired) electrons. The lowest BCUT2D eigenvalue weighted by Gasteiger charge is -2.11. The van der Waals surface area contributed by atoms with Gasteiger partial charge in [0.2, 0.25) is 0 Å². The summed E-state index contributed by atoms with van der Waals surface area (Å²) in [4.78, 5) is 71.2. The maximum absolute atomic E-state index is 12.3. The molecule has 24 heteroatoms. The van der Waals surface area contributed by atoms with E-state index in [2.05, 4.69) is 52.5 Å². The van der Waals surface area contributed by atoms with Crippen LogP contribution in [0, 0.1) is 0 Å². The number of hydrogen-bond donors (Lipinski definition) is 9. The first-order valence-electron chi connectivity index (χ1n) is 19.9. The van der Waals surface area contributed by atoms with Crippen molar-refractivity contribution < 1.29 is 73.6 Å². The van der Waals surface area contributed by atoms with E-state index in [1.807, 2.05) is 0 Å². The van der Waals surface area contributed by atoms with Gasteiger partial charge in [-0.3, -0.25) is 14.4 Å². The van der Waals surface area contributed by atoms with Gasteiger partial charge in [0.05, 0.1) is 66.0 Å². The average Bonchev–Trinajstić information content (AvgIpc) is 3.33. The summed E-state index contributed by atoms with van der Waals surface area (Å²) < 4.78 is 14.8. The number of nitrogens with one attached hydrogen (secondary N) is 3. The van der Waals surface area contributed by atoms with Crippen LogP contribution in [0.4, 0.5) is 17.1 Å². The molecule has 0 aliphatic carbocycles. The first kappa shape index (κ1) is 56.6. The zero-order chi connectivity index (χ0) is 52.9. The molecule has 18 nitrogen and oxygen atoms in total. The van der Waals surface area contributed by atoms with Gasteiger partial charge >= 0.3 is 17.9 Å². The molecule has 0 aliphatic heterocycles. The molecule has 0 aliphatic rings. The Morgan fingerprint density at radius 1 is 0.437 bits per heavy atom. The number of amides is 3. The van der Waals surface area contributed by atoms with Crippen molar-refractivity contribution in [2.24, 2.45) is 0 Å². The minimum absolute atomic E-state index is 0.166. The molecule has 6 rings (SSSR count). The number of esters is 3. The Labute approximate surface area is 439 Å². The summed E-state index contributed by atoms with van der Waals surface area (Å²) in [5.74, 6) is -6.86. The summed E-state index contributed by atoms with van der Waals surface area (Å²) in [7, 11) is 1.26. The molecule has 0 atom stereocenters. The number of ether oxygens (including phenoxy) is 3. The molecule has 0 saturated carbocycles. The van der Waals surface area contributed by atoms with E-state index in [4.69, 9.17) is 55.9 Å². The van der Waals surface area contributed by atoms with Crippen LogP contribution in [0.25, 0.3) is 0 Å². The van der Waals surface area contributed by atoms with Crippen molar-refractivity contribution in [3.8, 4) is 34.5 Å². The molecule has 0 unspecified atom stereocenters. The van der Waals surface area contributed by atoms with Crippen molar-refractivity contribution in [2.75, 3.05) is 36.3 Å². The third kappa shape index (κ3) is 14.6. The SMILES string of the molecule is CCOC(=O)c1ccc(NC(=O)c2c(O)c(Br)cc(Br)c2O)cc1.CCOC(=O)c1ccc(NC(=O)c2c(O)c(Cl)cc(Cl)c2O)cc1.COC(=O)c1ccc(NC(=O)c2c(O)c(Cl)cc(Cl)c2O)cc1. The first-order chi connectivity index (χ1) is 33.5. The van der Waals surface area contributed by atoms with Gasteiger partial charge in [0, 0.05) is 17.1 Å². The van der Waals surface area contributed by atoms with Crippen LogP contribution in [0.5, 0.6) is 34.5 Å². The van der Waals surface area contributed by atoms with Crippen LogP contribution < -0.4 is 16.0 Å². The Hall–Kier alpha value is -6.94. The van der Waals surface area contributed by atoms with Crippen LogP contribution in [0.3, 0.4) is 0 Å². The van der Waals surface area contributed by atoms with Gasteiger partial charge in [0.25, 0.3) is 17.7 Å². The fourth-order valence-corrected chi connectivity index (χ4v) is 7.73. The number of aromatic hydroxyl groups is 6. The van der Waals surface area contributed by atoms with Crippen LogP contribution in [0.2, 0.25) is 20.1 Å². The number of phenolic OH excluding ortho intramolecular Hbond substituents is 6. The second-order valence-electron chi connectivity index (χ2n) is 13.8. The highest BCUT2D eigenvalue weighted by atomic mass is 79.9. The van der Waals surface area contributed by atoms with E-state index in [-0.39, 0.29) is 59.3 Å². The standard InChI is InChI=1S/C16H13Br2NO5.C16H13Cl2NO5.C15H11Cl2NO5/c2*1-2-24-16(23)8-3-5-9(6-4-8)19-15(22)12-13(20)10(17)7-11(18)14(12)21;1-23-15(22)7-2-4-8(5-3-7)18-14(21)11-12(19)9(16)6-10(17)13(11)20/h2*3-7,20-21H,2H2,1H3,(H,19,22);2-6,19-20H,1H3,(H,18,21). The van der Waals surface area contributed by atoms with E-state index in [1.54, 1.807) is 13.8 Å². The van der Waals surface area contributed by atoms with Crippen LogP contribution in [-0.2, 0) is 14.2 Å². The fraction of sp³-hybridized carbons (Fsp3) is 0.106. The van der Waals surface area contributed by atoms with Crippen molar-refractivity contribution in [1.29, 1.82) is 0 Å². The van der Waals surface area contributed by atoms with Gasteiger partial charge in [0.15, 0.2) is 23.0 Å². The number of carbonyl (C=O) groups excluding carboxylic acids is 6. The molecule has 0 saturated heterocycles. The quantitative estimate of drug-likeness (QED) is 0.0431. The van der Waals surface area contributed by atoms with Crippen molar-refractivity contribution in [3.05, 3.63) is 153 Å². The van der Waals surface area contributed by atoms with Crippen molar-refractivity contribution in [3.63, 3.8) is 0 Å².